The molecule has 0 saturated carbocycles. The average Bonchev–Trinajstić information content (AvgIpc) is 2.95. The molecule has 0 aliphatic rings. The minimum atomic E-state index is -0.623. The van der Waals surface area contributed by atoms with Gasteiger partial charge in [0.2, 0.25) is 0 Å². The largest absolute Gasteiger partial charge is 0.497 e. The molecule has 0 amide bonds. The number of hydrogen-bond acceptors (Lipinski definition) is 4. The summed E-state index contributed by atoms with van der Waals surface area (Å²) < 4.78 is 12.7. The summed E-state index contributed by atoms with van der Waals surface area (Å²) in [5.74, 6) is 1.55. The summed E-state index contributed by atoms with van der Waals surface area (Å²) in [5.41, 5.74) is 0.818. The lowest BCUT2D eigenvalue weighted by Crippen LogP contribution is -2.14. The highest BCUT2D eigenvalue weighted by Crippen LogP contribution is 2.22. The zero-order valence-corrected chi connectivity index (χ0v) is 12.7. The molecule has 0 saturated heterocycles. The predicted molar refractivity (Wildman–Crippen MR) is 80.2 cm³/mol. The summed E-state index contributed by atoms with van der Waals surface area (Å²) in [6.45, 7) is 4.97. The number of benzene rings is 1. The van der Waals surface area contributed by atoms with Gasteiger partial charge in [-0.05, 0) is 31.5 Å². The third kappa shape index (κ3) is 3.83. The second-order valence-electron chi connectivity index (χ2n) is 4.83. The summed E-state index contributed by atoms with van der Waals surface area (Å²) in [5, 5.41) is 10.4. The summed E-state index contributed by atoms with van der Waals surface area (Å²) in [4.78, 5) is 4.32. The van der Waals surface area contributed by atoms with Crippen LogP contribution in [0.15, 0.2) is 36.7 Å². The van der Waals surface area contributed by atoms with Crippen molar-refractivity contribution in [2.75, 3.05) is 13.7 Å². The highest BCUT2D eigenvalue weighted by molar-refractivity contribution is 5.29. The second-order valence-corrected chi connectivity index (χ2v) is 4.83. The molecule has 114 valence electrons. The van der Waals surface area contributed by atoms with Crippen molar-refractivity contribution in [3.05, 3.63) is 48.0 Å². The Morgan fingerprint density at radius 1 is 1.38 bits per heavy atom. The first-order chi connectivity index (χ1) is 10.2. The maximum atomic E-state index is 10.4. The molecule has 1 N–H and O–H groups in total. The number of methoxy groups -OCH3 is 1. The third-order valence-electron chi connectivity index (χ3n) is 3.38. The topological polar surface area (TPSA) is 56.5 Å². The van der Waals surface area contributed by atoms with Gasteiger partial charge in [-0.2, -0.15) is 0 Å². The molecule has 0 bridgehead atoms. The lowest BCUT2D eigenvalue weighted by Gasteiger charge is -2.17. The molecule has 2 rings (SSSR count). The van der Waals surface area contributed by atoms with Crippen LogP contribution in [0.25, 0.3) is 0 Å². The van der Waals surface area contributed by atoms with Crippen LogP contribution in [0.2, 0.25) is 0 Å². The fourth-order valence-corrected chi connectivity index (χ4v) is 2.30. The van der Waals surface area contributed by atoms with Crippen molar-refractivity contribution in [1.29, 1.82) is 0 Å². The van der Waals surface area contributed by atoms with Crippen molar-refractivity contribution in [2.45, 2.75) is 32.6 Å². The fraction of sp³-hybridized carbons (Fsp3) is 0.438. The van der Waals surface area contributed by atoms with Crippen LogP contribution in [-0.2, 0) is 11.3 Å². The van der Waals surface area contributed by atoms with Gasteiger partial charge in [-0.15, -0.1) is 0 Å². The van der Waals surface area contributed by atoms with Crippen molar-refractivity contribution in [2.24, 2.45) is 0 Å². The SMILES string of the molecule is CCOC(C)c1nccn1CC(O)c1cccc(OC)c1. The molecule has 2 aromatic rings. The van der Waals surface area contributed by atoms with E-state index in [2.05, 4.69) is 4.98 Å². The van der Waals surface area contributed by atoms with E-state index < -0.39 is 6.10 Å². The van der Waals surface area contributed by atoms with Gasteiger partial charge in [-0.25, -0.2) is 4.98 Å². The van der Waals surface area contributed by atoms with Crippen LogP contribution in [0.1, 0.15) is 37.4 Å². The minimum absolute atomic E-state index is 0.0949. The van der Waals surface area contributed by atoms with E-state index in [0.29, 0.717) is 13.2 Å². The van der Waals surface area contributed by atoms with E-state index in [-0.39, 0.29) is 6.10 Å². The lowest BCUT2D eigenvalue weighted by atomic mass is 10.1. The Hall–Kier alpha value is -1.85. The van der Waals surface area contributed by atoms with Crippen molar-refractivity contribution in [3.8, 4) is 5.75 Å². The van der Waals surface area contributed by atoms with Gasteiger partial charge in [0.1, 0.15) is 17.7 Å². The molecule has 2 atom stereocenters. The number of rotatable bonds is 7. The summed E-state index contributed by atoms with van der Waals surface area (Å²) >= 11 is 0. The maximum Gasteiger partial charge on any atom is 0.137 e. The lowest BCUT2D eigenvalue weighted by molar-refractivity contribution is 0.0644. The molecular weight excluding hydrogens is 268 g/mol. The van der Waals surface area contributed by atoms with E-state index in [0.717, 1.165) is 17.1 Å². The average molecular weight is 290 g/mol. The molecule has 0 radical (unpaired) electrons. The van der Waals surface area contributed by atoms with E-state index in [4.69, 9.17) is 9.47 Å². The molecule has 0 spiro atoms. The van der Waals surface area contributed by atoms with Crippen LogP contribution >= 0.6 is 0 Å². The van der Waals surface area contributed by atoms with E-state index in [1.54, 1.807) is 13.3 Å². The Bertz CT molecular complexity index is 568. The molecule has 2 unspecified atom stereocenters. The Morgan fingerprint density at radius 3 is 2.90 bits per heavy atom. The number of ether oxygens (including phenoxy) is 2. The summed E-state index contributed by atoms with van der Waals surface area (Å²) in [6, 6.07) is 7.45. The Kier molecular flexibility index (Phi) is 5.36. The van der Waals surface area contributed by atoms with E-state index in [1.807, 2.05) is 48.9 Å². The van der Waals surface area contributed by atoms with Crippen molar-refractivity contribution < 1.29 is 14.6 Å². The Labute approximate surface area is 125 Å². The number of imidazole rings is 1. The van der Waals surface area contributed by atoms with Crippen molar-refractivity contribution >= 4 is 0 Å². The first-order valence-corrected chi connectivity index (χ1v) is 7.10. The van der Waals surface area contributed by atoms with Gasteiger partial charge in [-0.1, -0.05) is 12.1 Å². The van der Waals surface area contributed by atoms with Crippen LogP contribution in [0.3, 0.4) is 0 Å². The van der Waals surface area contributed by atoms with Crippen LogP contribution in [0.5, 0.6) is 5.75 Å². The molecule has 5 nitrogen and oxygen atoms in total. The number of aromatic nitrogens is 2. The van der Waals surface area contributed by atoms with E-state index >= 15 is 0 Å². The standard InChI is InChI=1S/C16H22N2O3/c1-4-21-12(2)16-17-8-9-18(16)11-15(19)13-6-5-7-14(10-13)20-3/h5-10,12,15,19H,4,11H2,1-3H3. The van der Waals surface area contributed by atoms with Crippen molar-refractivity contribution in [1.82, 2.24) is 9.55 Å². The third-order valence-corrected chi connectivity index (χ3v) is 3.38. The fourth-order valence-electron chi connectivity index (χ4n) is 2.30. The maximum absolute atomic E-state index is 10.4. The van der Waals surface area contributed by atoms with Crippen molar-refractivity contribution in [3.63, 3.8) is 0 Å². The van der Waals surface area contributed by atoms with Crippen LogP contribution in [0, 0.1) is 0 Å². The normalized spacial score (nSPS) is 13.9. The molecule has 5 heteroatoms. The van der Waals surface area contributed by atoms with Crippen LogP contribution < -0.4 is 4.74 Å². The van der Waals surface area contributed by atoms with E-state index in [1.165, 1.54) is 0 Å². The number of hydrogen-bond donors (Lipinski definition) is 1. The molecular formula is C16H22N2O3. The molecule has 0 aliphatic heterocycles. The zero-order chi connectivity index (χ0) is 15.2. The second kappa shape index (κ2) is 7.24. The number of aliphatic hydroxyl groups excluding tert-OH is 1. The monoisotopic (exact) mass is 290 g/mol. The smallest absolute Gasteiger partial charge is 0.137 e. The molecule has 0 fully saturated rings. The molecule has 1 heterocycles. The summed E-state index contributed by atoms with van der Waals surface area (Å²) in [6.07, 6.45) is 2.86. The first-order valence-electron chi connectivity index (χ1n) is 7.10. The van der Waals surface area contributed by atoms with Gasteiger partial charge in [0.15, 0.2) is 0 Å². The number of aliphatic hydroxyl groups is 1. The minimum Gasteiger partial charge on any atom is -0.497 e. The zero-order valence-electron chi connectivity index (χ0n) is 12.7. The van der Waals surface area contributed by atoms with E-state index in [9.17, 15) is 5.11 Å². The van der Waals surface area contributed by atoms with Gasteiger partial charge in [0.25, 0.3) is 0 Å². The number of nitrogens with zero attached hydrogens (tertiary/aromatic N) is 2. The van der Waals surface area contributed by atoms with Gasteiger partial charge in [0.05, 0.1) is 19.8 Å². The molecule has 1 aromatic carbocycles. The first kappa shape index (κ1) is 15.5. The van der Waals surface area contributed by atoms with Gasteiger partial charge in [0, 0.05) is 19.0 Å². The Morgan fingerprint density at radius 2 is 2.19 bits per heavy atom. The molecule has 1 aromatic heterocycles. The highest BCUT2D eigenvalue weighted by Gasteiger charge is 2.15. The van der Waals surface area contributed by atoms with Crippen LogP contribution in [-0.4, -0.2) is 28.4 Å². The summed E-state index contributed by atoms with van der Waals surface area (Å²) in [7, 11) is 1.61. The van der Waals surface area contributed by atoms with Crippen LogP contribution in [0.4, 0.5) is 0 Å². The quantitative estimate of drug-likeness (QED) is 0.852. The van der Waals surface area contributed by atoms with Gasteiger partial charge < -0.3 is 19.1 Å². The highest BCUT2D eigenvalue weighted by atomic mass is 16.5. The predicted octanol–water partition coefficient (Wildman–Crippen LogP) is 2.72. The van der Waals surface area contributed by atoms with Gasteiger partial charge in [-0.3, -0.25) is 0 Å². The van der Waals surface area contributed by atoms with Gasteiger partial charge >= 0.3 is 0 Å². The molecule has 0 aliphatic carbocycles. The Balaban J connectivity index is 2.12. The molecule has 21 heavy (non-hydrogen) atoms.